The zero-order valence-electron chi connectivity index (χ0n) is 16.3. The number of aromatic nitrogens is 3. The molecule has 1 aromatic heterocycles. The fourth-order valence-electron chi connectivity index (χ4n) is 2.67. The summed E-state index contributed by atoms with van der Waals surface area (Å²) >= 11 is 0. The van der Waals surface area contributed by atoms with E-state index in [0.29, 0.717) is 34.7 Å². The van der Waals surface area contributed by atoms with Crippen LogP contribution in [0.2, 0.25) is 0 Å². The summed E-state index contributed by atoms with van der Waals surface area (Å²) in [6.45, 7) is 2.12. The van der Waals surface area contributed by atoms with Crippen molar-refractivity contribution in [2.75, 3.05) is 32.0 Å². The molecule has 2 aromatic carbocycles. The summed E-state index contributed by atoms with van der Waals surface area (Å²) in [5.41, 5.74) is 2.88. The molecule has 0 aliphatic heterocycles. The highest BCUT2D eigenvalue weighted by atomic mass is 16.5. The van der Waals surface area contributed by atoms with Crippen molar-refractivity contribution >= 4 is 23.1 Å². The molecule has 0 spiro atoms. The van der Waals surface area contributed by atoms with Gasteiger partial charge in [-0.3, -0.25) is 0 Å². The molecule has 28 heavy (non-hydrogen) atoms. The number of rotatable bonds is 8. The topological polar surface area (TPSA) is 90.4 Å². The summed E-state index contributed by atoms with van der Waals surface area (Å²) < 4.78 is 16.1. The zero-order valence-corrected chi connectivity index (χ0v) is 16.3. The van der Waals surface area contributed by atoms with Gasteiger partial charge in [0.1, 0.15) is 0 Å². The summed E-state index contributed by atoms with van der Waals surface area (Å²) in [5.74, 6) is 2.49. The predicted octanol–water partition coefficient (Wildman–Crippen LogP) is 3.95. The van der Waals surface area contributed by atoms with Crippen molar-refractivity contribution in [3.63, 3.8) is 0 Å². The Hall–Kier alpha value is -3.55. The van der Waals surface area contributed by atoms with Crippen molar-refractivity contribution in [2.45, 2.75) is 13.3 Å². The fourth-order valence-corrected chi connectivity index (χ4v) is 2.67. The van der Waals surface area contributed by atoms with Crippen LogP contribution in [0.1, 0.15) is 12.5 Å². The molecule has 3 aromatic rings. The molecule has 0 saturated carbocycles. The first-order valence-corrected chi connectivity index (χ1v) is 8.79. The van der Waals surface area contributed by atoms with E-state index in [0.717, 1.165) is 12.1 Å². The molecule has 0 aliphatic rings. The van der Waals surface area contributed by atoms with Crippen LogP contribution in [0.5, 0.6) is 17.2 Å². The van der Waals surface area contributed by atoms with Gasteiger partial charge in [0, 0.05) is 23.5 Å². The maximum absolute atomic E-state index is 5.36. The second-order valence-electron chi connectivity index (χ2n) is 5.88. The number of hydrogen-bond donors (Lipinski definition) is 2. The lowest BCUT2D eigenvalue weighted by Crippen LogP contribution is -2.03. The molecule has 0 saturated heterocycles. The first-order valence-electron chi connectivity index (χ1n) is 8.79. The zero-order chi connectivity index (χ0) is 19.9. The van der Waals surface area contributed by atoms with Gasteiger partial charge in [0.25, 0.3) is 0 Å². The molecule has 0 bridgehead atoms. The first kappa shape index (κ1) is 19.2. The second-order valence-corrected chi connectivity index (χ2v) is 5.88. The van der Waals surface area contributed by atoms with Gasteiger partial charge < -0.3 is 24.8 Å². The van der Waals surface area contributed by atoms with Crippen LogP contribution < -0.4 is 24.8 Å². The maximum atomic E-state index is 5.36. The minimum Gasteiger partial charge on any atom is -0.493 e. The lowest BCUT2D eigenvalue weighted by Gasteiger charge is -2.14. The van der Waals surface area contributed by atoms with E-state index in [4.69, 9.17) is 14.2 Å². The number of methoxy groups -OCH3 is 3. The van der Waals surface area contributed by atoms with Crippen LogP contribution in [0.3, 0.4) is 0 Å². The molecule has 0 amide bonds. The second kappa shape index (κ2) is 8.90. The molecule has 3 rings (SSSR count). The van der Waals surface area contributed by atoms with Gasteiger partial charge in [0.2, 0.25) is 11.7 Å². The molecular formula is C20H23N5O3. The molecule has 0 aliphatic carbocycles. The van der Waals surface area contributed by atoms with Crippen molar-refractivity contribution < 1.29 is 14.2 Å². The molecule has 2 N–H and O–H groups in total. The van der Waals surface area contributed by atoms with Crippen LogP contribution in [0.25, 0.3) is 0 Å². The van der Waals surface area contributed by atoms with Crippen LogP contribution >= 0.6 is 0 Å². The van der Waals surface area contributed by atoms with Crippen molar-refractivity contribution in [1.29, 1.82) is 0 Å². The summed E-state index contributed by atoms with van der Waals surface area (Å²) in [5, 5.41) is 14.4. The minimum absolute atomic E-state index is 0.337. The predicted molar refractivity (Wildman–Crippen MR) is 108 cm³/mol. The molecule has 0 radical (unpaired) electrons. The van der Waals surface area contributed by atoms with Gasteiger partial charge in [-0.25, -0.2) is 0 Å². The van der Waals surface area contributed by atoms with E-state index < -0.39 is 0 Å². The van der Waals surface area contributed by atoms with Crippen LogP contribution in [0, 0.1) is 0 Å². The van der Waals surface area contributed by atoms with Crippen LogP contribution in [-0.4, -0.2) is 36.5 Å². The Bertz CT molecular complexity index is 906. The molecule has 1 heterocycles. The molecule has 8 nitrogen and oxygen atoms in total. The Morgan fingerprint density at radius 2 is 1.54 bits per heavy atom. The molecule has 0 unspecified atom stereocenters. The summed E-state index contributed by atoms with van der Waals surface area (Å²) in [4.78, 5) is 4.45. The van der Waals surface area contributed by atoms with Crippen molar-refractivity contribution in [2.24, 2.45) is 0 Å². The number of aryl methyl sites for hydroxylation is 1. The SMILES string of the molecule is CCc1ccc(Nc2cnnc(Nc3cc(OC)c(OC)c(OC)c3)n2)cc1. The van der Waals surface area contributed by atoms with Gasteiger partial charge in [0.15, 0.2) is 17.3 Å². The highest BCUT2D eigenvalue weighted by Gasteiger charge is 2.14. The van der Waals surface area contributed by atoms with E-state index in [1.807, 2.05) is 12.1 Å². The fraction of sp³-hybridized carbons (Fsp3) is 0.250. The Kier molecular flexibility index (Phi) is 6.11. The first-order chi connectivity index (χ1) is 13.7. The van der Waals surface area contributed by atoms with E-state index in [-0.39, 0.29) is 0 Å². The number of benzene rings is 2. The van der Waals surface area contributed by atoms with Crippen molar-refractivity contribution in [3.8, 4) is 17.2 Å². The van der Waals surface area contributed by atoms with Crippen LogP contribution in [0.15, 0.2) is 42.6 Å². The largest absolute Gasteiger partial charge is 0.493 e. The lowest BCUT2D eigenvalue weighted by atomic mass is 10.1. The highest BCUT2D eigenvalue weighted by molar-refractivity contribution is 5.66. The molecule has 8 heteroatoms. The normalized spacial score (nSPS) is 10.3. The number of ether oxygens (including phenoxy) is 3. The Balaban J connectivity index is 1.80. The maximum Gasteiger partial charge on any atom is 0.249 e. The standard InChI is InChI=1S/C20H23N5O3/c1-5-13-6-8-14(9-7-13)22-18-12-21-25-20(24-18)23-15-10-16(26-2)19(28-4)17(11-15)27-3/h6-12H,5H2,1-4H3,(H2,22,23,24,25). The van der Waals surface area contributed by atoms with Gasteiger partial charge in [-0.15, -0.1) is 5.10 Å². The van der Waals surface area contributed by atoms with E-state index in [1.165, 1.54) is 5.56 Å². The van der Waals surface area contributed by atoms with E-state index in [2.05, 4.69) is 44.9 Å². The third kappa shape index (κ3) is 4.40. The van der Waals surface area contributed by atoms with E-state index >= 15 is 0 Å². The van der Waals surface area contributed by atoms with Gasteiger partial charge in [-0.2, -0.15) is 10.1 Å². The van der Waals surface area contributed by atoms with Crippen molar-refractivity contribution in [3.05, 3.63) is 48.2 Å². The number of nitrogens with zero attached hydrogens (tertiary/aromatic N) is 3. The Labute approximate surface area is 163 Å². The molecule has 146 valence electrons. The van der Waals surface area contributed by atoms with Gasteiger partial charge in [0.05, 0.1) is 27.5 Å². The Morgan fingerprint density at radius 3 is 2.11 bits per heavy atom. The molecular weight excluding hydrogens is 358 g/mol. The summed E-state index contributed by atoms with van der Waals surface area (Å²) in [6, 6.07) is 11.7. The van der Waals surface area contributed by atoms with Crippen LogP contribution in [0.4, 0.5) is 23.1 Å². The molecule has 0 atom stereocenters. The van der Waals surface area contributed by atoms with Crippen molar-refractivity contribution in [1.82, 2.24) is 15.2 Å². The smallest absolute Gasteiger partial charge is 0.249 e. The third-order valence-corrected chi connectivity index (χ3v) is 4.11. The van der Waals surface area contributed by atoms with Gasteiger partial charge in [-0.1, -0.05) is 19.1 Å². The Morgan fingerprint density at radius 1 is 0.857 bits per heavy atom. The van der Waals surface area contributed by atoms with E-state index in [9.17, 15) is 0 Å². The summed E-state index contributed by atoms with van der Waals surface area (Å²) in [6.07, 6.45) is 2.56. The average molecular weight is 381 g/mol. The number of hydrogen-bond acceptors (Lipinski definition) is 8. The monoisotopic (exact) mass is 381 g/mol. The highest BCUT2D eigenvalue weighted by Crippen LogP contribution is 2.40. The average Bonchev–Trinajstić information content (AvgIpc) is 2.73. The summed E-state index contributed by atoms with van der Waals surface area (Å²) in [7, 11) is 4.68. The van der Waals surface area contributed by atoms with E-state index in [1.54, 1.807) is 39.7 Å². The number of anilines is 4. The molecule has 0 fully saturated rings. The van der Waals surface area contributed by atoms with Crippen LogP contribution in [-0.2, 0) is 6.42 Å². The van der Waals surface area contributed by atoms with Gasteiger partial charge in [-0.05, 0) is 24.1 Å². The quantitative estimate of drug-likeness (QED) is 0.606. The van der Waals surface area contributed by atoms with Gasteiger partial charge >= 0.3 is 0 Å². The lowest BCUT2D eigenvalue weighted by molar-refractivity contribution is 0.324. The third-order valence-electron chi connectivity index (χ3n) is 4.11. The minimum atomic E-state index is 0.337. The number of nitrogens with one attached hydrogen (secondary N) is 2.